The summed E-state index contributed by atoms with van der Waals surface area (Å²) in [5.74, 6) is -1.43. The SMILES string of the molecule is C=CC(F)(CCCCCC)C(=O)O. The lowest BCUT2D eigenvalue weighted by Crippen LogP contribution is -2.30. The van der Waals surface area contributed by atoms with E-state index in [2.05, 4.69) is 6.58 Å². The average Bonchev–Trinajstić information content (AvgIpc) is 2.12. The molecule has 0 aromatic heterocycles. The number of rotatable bonds is 7. The first-order chi connectivity index (χ1) is 6.06. The van der Waals surface area contributed by atoms with Gasteiger partial charge in [0.25, 0.3) is 0 Å². The Bertz CT molecular complexity index is 180. The molecule has 0 aromatic rings. The molecular formula is C10H17FO2. The molecule has 0 aromatic carbocycles. The van der Waals surface area contributed by atoms with E-state index in [-0.39, 0.29) is 6.42 Å². The van der Waals surface area contributed by atoms with Crippen molar-refractivity contribution >= 4 is 5.97 Å². The third-order valence-corrected chi connectivity index (χ3v) is 2.07. The van der Waals surface area contributed by atoms with Crippen LogP contribution < -0.4 is 0 Å². The fourth-order valence-corrected chi connectivity index (χ4v) is 1.11. The van der Waals surface area contributed by atoms with Gasteiger partial charge in [0.2, 0.25) is 5.67 Å². The Hall–Kier alpha value is -0.860. The van der Waals surface area contributed by atoms with E-state index >= 15 is 0 Å². The summed E-state index contributed by atoms with van der Waals surface area (Å²) in [6, 6.07) is 0. The number of aliphatic carboxylic acids is 1. The molecule has 0 radical (unpaired) electrons. The van der Waals surface area contributed by atoms with Crippen molar-refractivity contribution in [2.45, 2.75) is 44.7 Å². The monoisotopic (exact) mass is 188 g/mol. The molecule has 13 heavy (non-hydrogen) atoms. The van der Waals surface area contributed by atoms with Gasteiger partial charge in [0.15, 0.2) is 0 Å². The van der Waals surface area contributed by atoms with Gasteiger partial charge in [0, 0.05) is 0 Å². The van der Waals surface area contributed by atoms with Gasteiger partial charge in [-0.1, -0.05) is 32.8 Å². The maximum atomic E-state index is 13.4. The van der Waals surface area contributed by atoms with E-state index in [1.54, 1.807) is 0 Å². The first kappa shape index (κ1) is 12.1. The fraction of sp³-hybridized carbons (Fsp3) is 0.700. The second kappa shape index (κ2) is 5.73. The molecule has 0 aliphatic rings. The van der Waals surface area contributed by atoms with E-state index in [9.17, 15) is 9.18 Å². The van der Waals surface area contributed by atoms with E-state index in [1.165, 1.54) is 0 Å². The van der Waals surface area contributed by atoms with Gasteiger partial charge in [-0.05, 0) is 18.9 Å². The molecule has 0 fully saturated rings. The predicted molar refractivity (Wildman–Crippen MR) is 50.4 cm³/mol. The maximum absolute atomic E-state index is 13.4. The summed E-state index contributed by atoms with van der Waals surface area (Å²) in [5.41, 5.74) is -2.23. The Morgan fingerprint density at radius 2 is 2.15 bits per heavy atom. The Balaban J connectivity index is 3.85. The van der Waals surface area contributed by atoms with E-state index < -0.39 is 11.6 Å². The van der Waals surface area contributed by atoms with Gasteiger partial charge in [-0.25, -0.2) is 9.18 Å². The van der Waals surface area contributed by atoms with Crippen molar-refractivity contribution in [2.75, 3.05) is 0 Å². The smallest absolute Gasteiger partial charge is 0.345 e. The van der Waals surface area contributed by atoms with Crippen LogP contribution in [0.15, 0.2) is 12.7 Å². The van der Waals surface area contributed by atoms with Gasteiger partial charge in [-0.15, -0.1) is 0 Å². The van der Waals surface area contributed by atoms with Crippen LogP contribution in [0.2, 0.25) is 0 Å². The second-order valence-corrected chi connectivity index (χ2v) is 3.18. The molecule has 0 saturated heterocycles. The van der Waals surface area contributed by atoms with Crippen LogP contribution in [0.1, 0.15) is 39.0 Å². The Labute approximate surface area is 78.5 Å². The predicted octanol–water partition coefficient (Wildman–Crippen LogP) is 2.94. The Morgan fingerprint density at radius 3 is 2.54 bits per heavy atom. The summed E-state index contributed by atoms with van der Waals surface area (Å²) >= 11 is 0. The van der Waals surface area contributed by atoms with Crippen LogP contribution in [0.25, 0.3) is 0 Å². The van der Waals surface area contributed by atoms with Gasteiger partial charge in [-0.2, -0.15) is 0 Å². The van der Waals surface area contributed by atoms with E-state index in [1.807, 2.05) is 6.92 Å². The lowest BCUT2D eigenvalue weighted by molar-refractivity contribution is -0.147. The Kier molecular flexibility index (Phi) is 5.35. The van der Waals surface area contributed by atoms with E-state index in [0.29, 0.717) is 6.42 Å². The molecular weight excluding hydrogens is 171 g/mol. The zero-order chi connectivity index (χ0) is 10.3. The van der Waals surface area contributed by atoms with Crippen molar-refractivity contribution in [1.82, 2.24) is 0 Å². The highest BCUT2D eigenvalue weighted by atomic mass is 19.1. The molecule has 0 amide bonds. The number of carboxylic acids is 1. The molecule has 3 heteroatoms. The van der Waals surface area contributed by atoms with Crippen molar-refractivity contribution < 1.29 is 14.3 Å². The normalized spacial score (nSPS) is 14.9. The number of halogens is 1. The lowest BCUT2D eigenvalue weighted by atomic mass is 9.98. The second-order valence-electron chi connectivity index (χ2n) is 3.18. The summed E-state index contributed by atoms with van der Waals surface area (Å²) in [6.45, 7) is 5.25. The molecule has 76 valence electrons. The molecule has 0 rings (SSSR count). The van der Waals surface area contributed by atoms with Gasteiger partial charge in [-0.3, -0.25) is 0 Å². The van der Waals surface area contributed by atoms with Crippen molar-refractivity contribution in [2.24, 2.45) is 0 Å². The number of hydrogen-bond acceptors (Lipinski definition) is 1. The van der Waals surface area contributed by atoms with E-state index in [0.717, 1.165) is 25.3 Å². The van der Waals surface area contributed by atoms with Crippen LogP contribution in [0.5, 0.6) is 0 Å². The summed E-state index contributed by atoms with van der Waals surface area (Å²) in [7, 11) is 0. The molecule has 0 spiro atoms. The molecule has 0 aliphatic heterocycles. The first-order valence-electron chi connectivity index (χ1n) is 4.62. The molecule has 1 atom stereocenters. The van der Waals surface area contributed by atoms with Crippen LogP contribution in [-0.2, 0) is 4.79 Å². The highest BCUT2D eigenvalue weighted by Gasteiger charge is 2.34. The molecule has 0 aliphatic carbocycles. The highest BCUT2D eigenvalue weighted by Crippen LogP contribution is 2.21. The number of alkyl halides is 1. The van der Waals surface area contributed by atoms with Crippen molar-refractivity contribution in [1.29, 1.82) is 0 Å². The van der Waals surface area contributed by atoms with Crippen molar-refractivity contribution in [3.8, 4) is 0 Å². The van der Waals surface area contributed by atoms with Crippen LogP contribution >= 0.6 is 0 Å². The number of carbonyl (C=O) groups is 1. The topological polar surface area (TPSA) is 37.3 Å². The average molecular weight is 188 g/mol. The largest absolute Gasteiger partial charge is 0.479 e. The summed E-state index contributed by atoms with van der Waals surface area (Å²) < 4.78 is 13.4. The molecule has 1 unspecified atom stereocenters. The third-order valence-electron chi connectivity index (χ3n) is 2.07. The Morgan fingerprint density at radius 1 is 1.54 bits per heavy atom. The zero-order valence-electron chi connectivity index (χ0n) is 8.05. The quantitative estimate of drug-likeness (QED) is 0.492. The van der Waals surface area contributed by atoms with Gasteiger partial charge in [0.05, 0.1) is 0 Å². The van der Waals surface area contributed by atoms with Crippen molar-refractivity contribution in [3.63, 3.8) is 0 Å². The lowest BCUT2D eigenvalue weighted by Gasteiger charge is -2.15. The minimum absolute atomic E-state index is 0.0336. The fourth-order valence-electron chi connectivity index (χ4n) is 1.11. The molecule has 2 nitrogen and oxygen atoms in total. The van der Waals surface area contributed by atoms with Crippen molar-refractivity contribution in [3.05, 3.63) is 12.7 Å². The minimum atomic E-state index is -2.23. The first-order valence-corrected chi connectivity index (χ1v) is 4.62. The standard InChI is InChI=1S/C10H17FO2/c1-3-5-6-7-8-10(11,4-2)9(12)13/h4H,2-3,5-8H2,1H3,(H,12,13). The number of carboxylic acid groups (broad SMARTS) is 1. The van der Waals surface area contributed by atoms with Crippen LogP contribution in [0.3, 0.4) is 0 Å². The van der Waals surface area contributed by atoms with Crippen LogP contribution in [-0.4, -0.2) is 16.7 Å². The summed E-state index contributed by atoms with van der Waals surface area (Å²) in [5, 5.41) is 8.54. The number of hydrogen-bond donors (Lipinski definition) is 1. The highest BCUT2D eigenvalue weighted by molar-refractivity contribution is 5.79. The molecule has 1 N–H and O–H groups in total. The molecule has 0 heterocycles. The van der Waals surface area contributed by atoms with Gasteiger partial charge < -0.3 is 5.11 Å². The number of unbranched alkanes of at least 4 members (excludes halogenated alkanes) is 3. The maximum Gasteiger partial charge on any atom is 0.345 e. The minimum Gasteiger partial charge on any atom is -0.479 e. The molecule has 0 saturated carbocycles. The summed E-state index contributed by atoms with van der Waals surface area (Å²) in [4.78, 5) is 10.5. The summed E-state index contributed by atoms with van der Waals surface area (Å²) in [6.07, 6.45) is 4.46. The molecule has 0 bridgehead atoms. The van der Waals surface area contributed by atoms with Crippen LogP contribution in [0, 0.1) is 0 Å². The van der Waals surface area contributed by atoms with Crippen LogP contribution in [0.4, 0.5) is 4.39 Å². The van der Waals surface area contributed by atoms with Gasteiger partial charge >= 0.3 is 5.97 Å². The third kappa shape index (κ3) is 4.06. The zero-order valence-corrected chi connectivity index (χ0v) is 8.05. The van der Waals surface area contributed by atoms with Gasteiger partial charge in [0.1, 0.15) is 0 Å². The van der Waals surface area contributed by atoms with E-state index in [4.69, 9.17) is 5.11 Å².